The van der Waals surface area contributed by atoms with Gasteiger partial charge in [0.05, 0.1) is 17.9 Å². The highest BCUT2D eigenvalue weighted by atomic mass is 16.3. The Bertz CT molecular complexity index is 801. The molecule has 150 valence electrons. The average Bonchev–Trinajstić information content (AvgIpc) is 2.68. The van der Waals surface area contributed by atoms with Gasteiger partial charge < -0.3 is 15.1 Å². The van der Waals surface area contributed by atoms with Gasteiger partial charge in [-0.05, 0) is 49.8 Å². The predicted octanol–water partition coefficient (Wildman–Crippen LogP) is 3.40. The first-order valence-electron chi connectivity index (χ1n) is 10.4. The molecule has 2 heterocycles. The number of nitrogens with zero attached hydrogens (tertiary/aromatic N) is 3. The van der Waals surface area contributed by atoms with Gasteiger partial charge in [0, 0.05) is 24.2 Å². The van der Waals surface area contributed by atoms with Crippen LogP contribution in [0.25, 0.3) is 0 Å². The van der Waals surface area contributed by atoms with E-state index in [4.69, 9.17) is 4.98 Å². The van der Waals surface area contributed by atoms with E-state index in [1.54, 1.807) is 0 Å². The van der Waals surface area contributed by atoms with Gasteiger partial charge in [-0.3, -0.25) is 0 Å². The number of hydrogen-bond acceptors (Lipinski definition) is 5. The molecule has 2 atom stereocenters. The van der Waals surface area contributed by atoms with Gasteiger partial charge >= 0.3 is 0 Å². The molecule has 5 nitrogen and oxygen atoms in total. The van der Waals surface area contributed by atoms with Crippen LogP contribution in [0.1, 0.15) is 73.9 Å². The van der Waals surface area contributed by atoms with Crippen LogP contribution in [0, 0.1) is 5.41 Å². The molecule has 0 saturated carbocycles. The maximum absolute atomic E-state index is 10.5. The number of aliphatic hydroxyl groups is 2. The van der Waals surface area contributed by atoms with Gasteiger partial charge in [0.15, 0.2) is 0 Å². The lowest BCUT2D eigenvalue weighted by Crippen LogP contribution is -2.36. The van der Waals surface area contributed by atoms with Gasteiger partial charge in [-0.25, -0.2) is 9.97 Å². The van der Waals surface area contributed by atoms with E-state index >= 15 is 0 Å². The average molecular weight is 382 g/mol. The van der Waals surface area contributed by atoms with E-state index in [0.29, 0.717) is 12.5 Å². The Hall–Kier alpha value is -1.82. The van der Waals surface area contributed by atoms with Crippen molar-refractivity contribution < 1.29 is 10.2 Å². The second-order valence-corrected chi connectivity index (χ2v) is 9.19. The van der Waals surface area contributed by atoms with Crippen LogP contribution in [0.3, 0.4) is 0 Å². The SMILES string of the molecule is CC1(C)Cc2nc(C3CCN(CC(O)c4ccccc4)CC3)ncc2C(O)C1. The van der Waals surface area contributed by atoms with Crippen molar-refractivity contribution >= 4 is 0 Å². The highest BCUT2D eigenvalue weighted by Gasteiger charge is 2.33. The van der Waals surface area contributed by atoms with Crippen LogP contribution in [-0.4, -0.2) is 44.7 Å². The zero-order valence-corrected chi connectivity index (χ0v) is 16.9. The fraction of sp³-hybridized carbons (Fsp3) is 0.565. The molecule has 1 aliphatic carbocycles. The molecule has 1 aromatic heterocycles. The minimum Gasteiger partial charge on any atom is -0.388 e. The summed E-state index contributed by atoms with van der Waals surface area (Å²) in [5.41, 5.74) is 2.99. The first kappa shape index (κ1) is 19.5. The number of benzene rings is 1. The van der Waals surface area contributed by atoms with Crippen molar-refractivity contribution in [3.05, 3.63) is 59.2 Å². The number of β-amino-alcohol motifs (C(OH)–C–C–N with tert-alkyl or cyclic N) is 1. The smallest absolute Gasteiger partial charge is 0.131 e. The van der Waals surface area contributed by atoms with Crippen LogP contribution in [0.2, 0.25) is 0 Å². The van der Waals surface area contributed by atoms with E-state index in [9.17, 15) is 10.2 Å². The molecule has 1 saturated heterocycles. The summed E-state index contributed by atoms with van der Waals surface area (Å²) in [6.07, 6.45) is 4.64. The Labute approximate surface area is 167 Å². The first-order valence-corrected chi connectivity index (χ1v) is 10.4. The third kappa shape index (κ3) is 4.27. The standard InChI is InChI=1S/C23H31N3O2/c1-23(2)12-19-18(20(27)13-23)14-24-22(25-19)17-8-10-26(11-9-17)15-21(28)16-6-4-3-5-7-16/h3-7,14,17,20-21,27-28H,8-13,15H2,1-2H3. The summed E-state index contributed by atoms with van der Waals surface area (Å²) in [5.74, 6) is 1.28. The molecule has 1 aromatic carbocycles. The van der Waals surface area contributed by atoms with Crippen LogP contribution in [0.4, 0.5) is 0 Å². The number of piperidine rings is 1. The molecule has 0 radical (unpaired) electrons. The number of likely N-dealkylation sites (tertiary alicyclic amines) is 1. The lowest BCUT2D eigenvalue weighted by atomic mass is 9.75. The molecular weight excluding hydrogens is 350 g/mol. The van der Waals surface area contributed by atoms with Gasteiger partial charge in [-0.1, -0.05) is 44.2 Å². The second kappa shape index (κ2) is 7.90. The van der Waals surface area contributed by atoms with Gasteiger partial charge in [-0.15, -0.1) is 0 Å². The third-order valence-corrected chi connectivity index (χ3v) is 6.24. The minimum absolute atomic E-state index is 0.0784. The molecule has 2 unspecified atom stereocenters. The summed E-state index contributed by atoms with van der Waals surface area (Å²) >= 11 is 0. The molecule has 0 spiro atoms. The topological polar surface area (TPSA) is 69.5 Å². The van der Waals surface area contributed by atoms with E-state index in [1.807, 2.05) is 36.5 Å². The molecule has 0 bridgehead atoms. The normalized spacial score (nSPS) is 23.9. The highest BCUT2D eigenvalue weighted by molar-refractivity contribution is 5.26. The summed E-state index contributed by atoms with van der Waals surface area (Å²) < 4.78 is 0. The number of fused-ring (bicyclic) bond motifs is 1. The molecular formula is C23H31N3O2. The quantitative estimate of drug-likeness (QED) is 0.850. The van der Waals surface area contributed by atoms with Crippen LogP contribution in [0.5, 0.6) is 0 Å². The Morgan fingerprint density at radius 3 is 2.61 bits per heavy atom. The van der Waals surface area contributed by atoms with Crippen molar-refractivity contribution in [1.29, 1.82) is 0 Å². The van der Waals surface area contributed by atoms with Crippen LogP contribution in [0.15, 0.2) is 36.5 Å². The highest BCUT2D eigenvalue weighted by Crippen LogP contribution is 2.40. The largest absolute Gasteiger partial charge is 0.388 e. The van der Waals surface area contributed by atoms with E-state index in [2.05, 4.69) is 23.7 Å². The molecule has 2 N–H and O–H groups in total. The van der Waals surface area contributed by atoms with E-state index in [0.717, 1.165) is 61.4 Å². The van der Waals surface area contributed by atoms with Gasteiger partial charge in [0.25, 0.3) is 0 Å². The van der Waals surface area contributed by atoms with Crippen molar-refractivity contribution in [2.45, 2.75) is 57.7 Å². The number of aromatic nitrogens is 2. The number of aliphatic hydroxyl groups excluding tert-OH is 2. The Morgan fingerprint density at radius 1 is 1.18 bits per heavy atom. The zero-order chi connectivity index (χ0) is 19.7. The second-order valence-electron chi connectivity index (χ2n) is 9.19. The Kier molecular flexibility index (Phi) is 5.50. The maximum Gasteiger partial charge on any atom is 0.131 e. The van der Waals surface area contributed by atoms with Crippen LogP contribution >= 0.6 is 0 Å². The summed E-state index contributed by atoms with van der Waals surface area (Å²) in [4.78, 5) is 11.8. The fourth-order valence-electron chi connectivity index (χ4n) is 4.62. The summed E-state index contributed by atoms with van der Waals surface area (Å²) in [5, 5.41) is 20.9. The van der Waals surface area contributed by atoms with Crippen LogP contribution < -0.4 is 0 Å². The van der Waals surface area contributed by atoms with Crippen molar-refractivity contribution in [2.24, 2.45) is 5.41 Å². The van der Waals surface area contributed by atoms with Gasteiger partial charge in [0.2, 0.25) is 0 Å². The third-order valence-electron chi connectivity index (χ3n) is 6.24. The molecule has 2 aromatic rings. The van der Waals surface area contributed by atoms with Crippen molar-refractivity contribution in [3.8, 4) is 0 Å². The molecule has 1 fully saturated rings. The van der Waals surface area contributed by atoms with Crippen LogP contribution in [-0.2, 0) is 6.42 Å². The van der Waals surface area contributed by atoms with E-state index < -0.39 is 12.2 Å². The lowest BCUT2D eigenvalue weighted by molar-refractivity contribution is 0.0946. The predicted molar refractivity (Wildman–Crippen MR) is 109 cm³/mol. The van der Waals surface area contributed by atoms with Crippen molar-refractivity contribution in [2.75, 3.05) is 19.6 Å². The number of hydrogen-bond donors (Lipinski definition) is 2. The van der Waals surface area contributed by atoms with Crippen molar-refractivity contribution in [3.63, 3.8) is 0 Å². The Balaban J connectivity index is 1.38. The molecule has 4 rings (SSSR count). The molecule has 1 aliphatic heterocycles. The van der Waals surface area contributed by atoms with Gasteiger partial charge in [0.1, 0.15) is 5.82 Å². The fourth-order valence-corrected chi connectivity index (χ4v) is 4.62. The minimum atomic E-state index is -0.450. The summed E-state index contributed by atoms with van der Waals surface area (Å²) in [6.45, 7) is 6.95. The molecule has 2 aliphatic rings. The molecule has 5 heteroatoms. The zero-order valence-electron chi connectivity index (χ0n) is 16.9. The monoisotopic (exact) mass is 381 g/mol. The van der Waals surface area contributed by atoms with Gasteiger partial charge in [-0.2, -0.15) is 0 Å². The Morgan fingerprint density at radius 2 is 1.89 bits per heavy atom. The van der Waals surface area contributed by atoms with Crippen molar-refractivity contribution in [1.82, 2.24) is 14.9 Å². The molecule has 28 heavy (non-hydrogen) atoms. The summed E-state index contributed by atoms with van der Waals surface area (Å²) in [7, 11) is 0. The molecule has 0 amide bonds. The summed E-state index contributed by atoms with van der Waals surface area (Å²) in [6, 6.07) is 9.87. The lowest BCUT2D eigenvalue weighted by Gasteiger charge is -2.35. The maximum atomic E-state index is 10.5. The van der Waals surface area contributed by atoms with E-state index in [1.165, 1.54) is 0 Å². The number of rotatable bonds is 4. The van der Waals surface area contributed by atoms with E-state index in [-0.39, 0.29) is 5.41 Å². The first-order chi connectivity index (χ1) is 13.4.